The van der Waals surface area contributed by atoms with Crippen molar-refractivity contribution in [3.05, 3.63) is 96.7 Å². The Balaban J connectivity index is 0.000000393. The van der Waals surface area contributed by atoms with Gasteiger partial charge in [-0.05, 0) is 5.52 Å². The van der Waals surface area contributed by atoms with Gasteiger partial charge in [0.05, 0.1) is 0 Å². The van der Waals surface area contributed by atoms with Gasteiger partial charge in [-0.15, -0.1) is 48.3 Å². The summed E-state index contributed by atoms with van der Waals surface area (Å²) in [6, 6.07) is 23.2. The van der Waals surface area contributed by atoms with E-state index in [2.05, 4.69) is 53.5 Å². The number of halogens is 2. The van der Waals surface area contributed by atoms with Gasteiger partial charge >= 0.3 is 17.4 Å². The molecular formula is C20H17Cl2CrN. The molecule has 3 aromatic rings. The molecule has 1 aliphatic carbocycles. The van der Waals surface area contributed by atoms with E-state index >= 15 is 0 Å². The Bertz CT molecular complexity index is 720. The van der Waals surface area contributed by atoms with Crippen molar-refractivity contribution in [2.75, 3.05) is 0 Å². The molecule has 1 aromatic heterocycles. The number of allylic oxidation sites excluding steroid dienone is 4. The van der Waals surface area contributed by atoms with Crippen LogP contribution in [0.2, 0.25) is 0 Å². The smallest absolute Gasteiger partial charge is 0.283 e. The van der Waals surface area contributed by atoms with Gasteiger partial charge in [-0.1, -0.05) is 36.4 Å². The molecule has 1 aliphatic rings. The first-order valence-electron chi connectivity index (χ1n) is 6.97. The summed E-state index contributed by atoms with van der Waals surface area (Å²) in [5.74, 6) is 0. The first-order chi connectivity index (χ1) is 10.4. The molecular weight excluding hydrogens is 377 g/mol. The molecule has 0 aliphatic heterocycles. The van der Waals surface area contributed by atoms with E-state index in [1.165, 1.54) is 11.1 Å². The Kier molecular flexibility index (Phi) is 11.1. The molecule has 122 valence electrons. The number of rotatable bonds is 1. The van der Waals surface area contributed by atoms with Crippen LogP contribution >= 0.6 is 24.8 Å². The van der Waals surface area contributed by atoms with E-state index in [9.17, 15) is 0 Å². The van der Waals surface area contributed by atoms with Gasteiger partial charge in [-0.25, -0.2) is 6.08 Å². The van der Waals surface area contributed by atoms with Crippen LogP contribution in [0, 0.1) is 12.1 Å². The fourth-order valence-corrected chi connectivity index (χ4v) is 2.18. The normalized spacial score (nSPS) is 11.1. The zero-order valence-electron chi connectivity index (χ0n) is 12.9. The average Bonchev–Trinajstić information content (AvgIpc) is 3.11. The molecule has 24 heavy (non-hydrogen) atoms. The molecule has 0 saturated carbocycles. The van der Waals surface area contributed by atoms with Gasteiger partial charge < -0.3 is 0 Å². The van der Waals surface area contributed by atoms with Crippen LogP contribution in [0.1, 0.15) is 12.0 Å². The molecule has 0 bridgehead atoms. The molecule has 1 nitrogen and oxygen atoms in total. The van der Waals surface area contributed by atoms with Gasteiger partial charge in [-0.3, -0.25) is 11.1 Å². The largest absolute Gasteiger partial charge is 2.00 e. The number of nitrogens with zero attached hydrogens (tertiary/aromatic N) is 1. The Hall–Kier alpha value is -1.56. The topological polar surface area (TPSA) is 12.9 Å². The second-order valence-corrected chi connectivity index (χ2v) is 4.69. The van der Waals surface area contributed by atoms with Gasteiger partial charge in [0.1, 0.15) is 0 Å². The van der Waals surface area contributed by atoms with Crippen LogP contribution in [0.5, 0.6) is 0 Å². The molecule has 0 fully saturated rings. The third kappa shape index (κ3) is 6.15. The molecule has 4 heteroatoms. The van der Waals surface area contributed by atoms with E-state index in [0.29, 0.717) is 0 Å². The van der Waals surface area contributed by atoms with Crippen LogP contribution in [-0.4, -0.2) is 4.98 Å². The van der Waals surface area contributed by atoms with Crippen molar-refractivity contribution >= 4 is 41.3 Å². The molecule has 4 rings (SSSR count). The van der Waals surface area contributed by atoms with Gasteiger partial charge in [0.25, 0.3) is 0 Å². The number of hydrogen-bond acceptors (Lipinski definition) is 1. The Morgan fingerprint density at radius 1 is 0.875 bits per heavy atom. The number of para-hydroxylation sites is 1. The van der Waals surface area contributed by atoms with Gasteiger partial charge in [-0.2, -0.15) is 35.9 Å². The zero-order valence-corrected chi connectivity index (χ0v) is 15.8. The summed E-state index contributed by atoms with van der Waals surface area (Å²) in [7, 11) is 0. The minimum Gasteiger partial charge on any atom is -0.283 e. The standard InChI is InChI=1S/C11H9.C9H6N.2ClH.Cr/c1-2-6-10(7-3-1)11-8-4-5-9-11;1-2-6-9-8(4-1)5-3-7-10-9;;;/h1-3,6-9H,4H2;1-5,7H;2*1H;/q2*-1;;;+2. The fourth-order valence-electron chi connectivity index (χ4n) is 2.18. The number of pyridine rings is 1. The van der Waals surface area contributed by atoms with Crippen molar-refractivity contribution in [2.45, 2.75) is 6.42 Å². The number of hydrogen-bond donors (Lipinski definition) is 0. The summed E-state index contributed by atoms with van der Waals surface area (Å²) in [6.07, 6.45) is 10.1. The Morgan fingerprint density at radius 2 is 1.62 bits per heavy atom. The molecule has 0 unspecified atom stereocenters. The van der Waals surface area contributed by atoms with Crippen LogP contribution in [0.25, 0.3) is 16.5 Å². The van der Waals surface area contributed by atoms with E-state index in [1.807, 2.05) is 36.4 Å². The third-order valence-corrected chi connectivity index (χ3v) is 3.24. The maximum absolute atomic E-state index is 4.13. The van der Waals surface area contributed by atoms with Crippen molar-refractivity contribution in [2.24, 2.45) is 0 Å². The van der Waals surface area contributed by atoms with Gasteiger partial charge in [0, 0.05) is 6.20 Å². The predicted octanol–water partition coefficient (Wildman–Crippen LogP) is 5.71. The predicted molar refractivity (Wildman–Crippen MR) is 102 cm³/mol. The van der Waals surface area contributed by atoms with Crippen LogP contribution in [-0.2, 0) is 17.4 Å². The summed E-state index contributed by atoms with van der Waals surface area (Å²) in [4.78, 5) is 4.13. The molecule has 1 heterocycles. The number of aromatic nitrogens is 1. The van der Waals surface area contributed by atoms with Crippen LogP contribution in [0.3, 0.4) is 0 Å². The quantitative estimate of drug-likeness (QED) is 0.482. The first-order valence-corrected chi connectivity index (χ1v) is 6.97. The van der Waals surface area contributed by atoms with E-state index in [1.54, 1.807) is 6.20 Å². The van der Waals surface area contributed by atoms with Crippen LogP contribution in [0.4, 0.5) is 0 Å². The zero-order chi connectivity index (χ0) is 14.3. The van der Waals surface area contributed by atoms with Crippen molar-refractivity contribution < 1.29 is 17.4 Å². The summed E-state index contributed by atoms with van der Waals surface area (Å²) in [6.45, 7) is 0. The summed E-state index contributed by atoms with van der Waals surface area (Å²) in [5.41, 5.74) is 3.52. The van der Waals surface area contributed by atoms with E-state index < -0.39 is 0 Å². The molecule has 0 amide bonds. The molecule has 2 aromatic carbocycles. The van der Waals surface area contributed by atoms with Gasteiger partial charge in [0.2, 0.25) is 0 Å². The first kappa shape index (κ1) is 22.4. The minimum absolute atomic E-state index is 0. The third-order valence-electron chi connectivity index (χ3n) is 3.24. The minimum atomic E-state index is 0. The molecule has 0 atom stereocenters. The fraction of sp³-hybridized carbons (Fsp3) is 0.0500. The second-order valence-electron chi connectivity index (χ2n) is 4.69. The van der Waals surface area contributed by atoms with Gasteiger partial charge in [0.15, 0.2) is 0 Å². The SMILES string of the molecule is Cl.Cl.[C-]1=CC(c2ccccc2)=CC1.[Cr+2].[c-]1cccc2cccnc12. The molecule has 0 spiro atoms. The summed E-state index contributed by atoms with van der Waals surface area (Å²) in [5, 5.41) is 1.14. The number of benzene rings is 2. The average molecular weight is 394 g/mol. The van der Waals surface area contributed by atoms with E-state index in [-0.39, 0.29) is 42.2 Å². The van der Waals surface area contributed by atoms with Crippen LogP contribution < -0.4 is 0 Å². The van der Waals surface area contributed by atoms with E-state index in [4.69, 9.17) is 0 Å². The monoisotopic (exact) mass is 393 g/mol. The Morgan fingerprint density at radius 3 is 2.29 bits per heavy atom. The maximum atomic E-state index is 4.13. The van der Waals surface area contributed by atoms with Crippen molar-refractivity contribution in [3.63, 3.8) is 0 Å². The summed E-state index contributed by atoms with van der Waals surface area (Å²) < 4.78 is 0. The summed E-state index contributed by atoms with van der Waals surface area (Å²) >= 11 is 0. The molecule has 0 radical (unpaired) electrons. The van der Waals surface area contributed by atoms with Crippen molar-refractivity contribution in [3.8, 4) is 0 Å². The number of fused-ring (bicyclic) bond motifs is 1. The van der Waals surface area contributed by atoms with Crippen molar-refractivity contribution in [1.82, 2.24) is 4.98 Å². The van der Waals surface area contributed by atoms with Crippen molar-refractivity contribution in [1.29, 1.82) is 0 Å². The maximum Gasteiger partial charge on any atom is 2.00 e. The second kappa shape index (κ2) is 11.9. The molecule has 0 N–H and O–H groups in total. The van der Waals surface area contributed by atoms with E-state index in [0.717, 1.165) is 17.3 Å². The molecule has 0 saturated heterocycles. The Labute approximate surface area is 166 Å². The van der Waals surface area contributed by atoms with Crippen LogP contribution in [0.15, 0.2) is 79.0 Å².